The molecule has 0 N–H and O–H groups in total. The largest absolute Gasteiger partial charge is 0.459 e. The lowest BCUT2D eigenvalue weighted by atomic mass is 10.1. The second-order valence-electron chi connectivity index (χ2n) is 4.48. The first-order valence-corrected chi connectivity index (χ1v) is 6.25. The SMILES string of the molecule is O=C1CCCN(C(=O)c2ccco2)c2ccccc21. The van der Waals surface area contributed by atoms with Crippen LogP contribution in [-0.4, -0.2) is 18.2 Å². The number of hydrogen-bond donors (Lipinski definition) is 0. The Labute approximate surface area is 110 Å². The molecule has 0 saturated heterocycles. The molecule has 1 aliphatic heterocycles. The zero-order valence-electron chi connectivity index (χ0n) is 10.3. The van der Waals surface area contributed by atoms with Gasteiger partial charge in [-0.05, 0) is 30.7 Å². The van der Waals surface area contributed by atoms with Crippen LogP contribution in [0.5, 0.6) is 0 Å². The fourth-order valence-corrected chi connectivity index (χ4v) is 2.34. The molecule has 0 spiro atoms. The van der Waals surface area contributed by atoms with Crippen molar-refractivity contribution in [2.75, 3.05) is 11.4 Å². The van der Waals surface area contributed by atoms with E-state index in [-0.39, 0.29) is 11.7 Å². The van der Waals surface area contributed by atoms with E-state index in [4.69, 9.17) is 4.42 Å². The van der Waals surface area contributed by atoms with E-state index in [1.807, 2.05) is 12.1 Å². The van der Waals surface area contributed by atoms with Crippen molar-refractivity contribution in [1.29, 1.82) is 0 Å². The van der Waals surface area contributed by atoms with Gasteiger partial charge in [-0.25, -0.2) is 0 Å². The van der Waals surface area contributed by atoms with Gasteiger partial charge in [0.15, 0.2) is 11.5 Å². The molecular formula is C15H13NO3. The van der Waals surface area contributed by atoms with E-state index in [0.29, 0.717) is 36.4 Å². The number of carbonyl (C=O) groups is 2. The van der Waals surface area contributed by atoms with Gasteiger partial charge >= 0.3 is 0 Å². The Bertz CT molecular complexity index is 616. The minimum Gasteiger partial charge on any atom is -0.459 e. The summed E-state index contributed by atoms with van der Waals surface area (Å²) in [5.41, 5.74) is 1.28. The van der Waals surface area contributed by atoms with Crippen LogP contribution in [0.15, 0.2) is 47.1 Å². The second-order valence-corrected chi connectivity index (χ2v) is 4.48. The molecule has 2 heterocycles. The van der Waals surface area contributed by atoms with Gasteiger partial charge in [-0.15, -0.1) is 0 Å². The molecule has 0 radical (unpaired) electrons. The Kier molecular flexibility index (Phi) is 2.91. The van der Waals surface area contributed by atoms with Gasteiger partial charge in [0.25, 0.3) is 5.91 Å². The van der Waals surface area contributed by atoms with Crippen molar-refractivity contribution >= 4 is 17.4 Å². The molecule has 96 valence electrons. The van der Waals surface area contributed by atoms with Crippen LogP contribution in [0.4, 0.5) is 5.69 Å². The number of furan rings is 1. The zero-order chi connectivity index (χ0) is 13.2. The number of benzene rings is 1. The molecule has 4 nitrogen and oxygen atoms in total. The molecule has 19 heavy (non-hydrogen) atoms. The Balaban J connectivity index is 2.04. The molecular weight excluding hydrogens is 242 g/mol. The van der Waals surface area contributed by atoms with E-state index in [2.05, 4.69) is 0 Å². The van der Waals surface area contributed by atoms with Gasteiger partial charge in [0.2, 0.25) is 0 Å². The lowest BCUT2D eigenvalue weighted by Crippen LogP contribution is -2.31. The van der Waals surface area contributed by atoms with Gasteiger partial charge in [0, 0.05) is 18.5 Å². The fourth-order valence-electron chi connectivity index (χ4n) is 2.34. The monoisotopic (exact) mass is 255 g/mol. The molecule has 1 aliphatic rings. The number of para-hydroxylation sites is 1. The number of ketones is 1. The summed E-state index contributed by atoms with van der Waals surface area (Å²) in [5.74, 6) is 0.182. The molecule has 1 aromatic heterocycles. The molecule has 0 unspecified atom stereocenters. The Morgan fingerprint density at radius 2 is 2.00 bits per heavy atom. The third-order valence-corrected chi connectivity index (χ3v) is 3.26. The minimum absolute atomic E-state index is 0.0883. The van der Waals surface area contributed by atoms with Crippen LogP contribution in [0.1, 0.15) is 33.8 Å². The number of Topliss-reactive ketones (excluding diaryl/α,β-unsaturated/α-hetero) is 1. The second kappa shape index (κ2) is 4.72. The van der Waals surface area contributed by atoms with Gasteiger partial charge in [0.05, 0.1) is 12.0 Å². The summed E-state index contributed by atoms with van der Waals surface area (Å²) in [6.07, 6.45) is 2.61. The average Bonchev–Trinajstić information content (AvgIpc) is 2.91. The third kappa shape index (κ3) is 2.05. The topological polar surface area (TPSA) is 50.5 Å². The number of hydrogen-bond acceptors (Lipinski definition) is 3. The number of fused-ring (bicyclic) bond motifs is 1. The van der Waals surface area contributed by atoms with Crippen LogP contribution in [0, 0.1) is 0 Å². The van der Waals surface area contributed by atoms with Crippen molar-refractivity contribution in [3.63, 3.8) is 0 Å². The van der Waals surface area contributed by atoms with Crippen molar-refractivity contribution in [3.05, 3.63) is 54.0 Å². The van der Waals surface area contributed by atoms with Crippen LogP contribution in [0.2, 0.25) is 0 Å². The maximum absolute atomic E-state index is 12.4. The van der Waals surface area contributed by atoms with Crippen molar-refractivity contribution in [1.82, 2.24) is 0 Å². The van der Waals surface area contributed by atoms with E-state index < -0.39 is 0 Å². The molecule has 3 rings (SSSR count). The Morgan fingerprint density at radius 3 is 2.79 bits per heavy atom. The maximum Gasteiger partial charge on any atom is 0.293 e. The van der Waals surface area contributed by atoms with Crippen molar-refractivity contribution in [2.24, 2.45) is 0 Å². The predicted molar refractivity (Wildman–Crippen MR) is 70.4 cm³/mol. The highest BCUT2D eigenvalue weighted by atomic mass is 16.3. The Morgan fingerprint density at radius 1 is 1.16 bits per heavy atom. The molecule has 0 atom stereocenters. The van der Waals surface area contributed by atoms with Crippen LogP contribution in [0.25, 0.3) is 0 Å². The molecule has 0 bridgehead atoms. The summed E-state index contributed by atoms with van der Waals surface area (Å²) in [6, 6.07) is 10.5. The molecule has 0 aliphatic carbocycles. The predicted octanol–water partition coefficient (Wildman–Crippen LogP) is 2.90. The first kappa shape index (κ1) is 11.7. The van der Waals surface area contributed by atoms with Gasteiger partial charge in [0.1, 0.15) is 0 Å². The first-order valence-electron chi connectivity index (χ1n) is 6.25. The number of amides is 1. The van der Waals surface area contributed by atoms with E-state index in [0.717, 1.165) is 0 Å². The molecule has 4 heteroatoms. The Hall–Kier alpha value is -2.36. The van der Waals surface area contributed by atoms with Gasteiger partial charge in [-0.1, -0.05) is 12.1 Å². The minimum atomic E-state index is -0.202. The zero-order valence-corrected chi connectivity index (χ0v) is 10.3. The number of nitrogens with zero attached hydrogens (tertiary/aromatic N) is 1. The van der Waals surface area contributed by atoms with E-state index in [1.165, 1.54) is 6.26 Å². The standard InChI is InChI=1S/C15H13NO3/c17-13-7-3-9-16(12-6-2-1-5-11(12)13)15(18)14-8-4-10-19-14/h1-2,4-6,8,10H,3,7,9H2. The fraction of sp³-hybridized carbons (Fsp3) is 0.200. The summed E-state index contributed by atoms with van der Waals surface area (Å²) < 4.78 is 5.16. The first-order chi connectivity index (χ1) is 9.27. The van der Waals surface area contributed by atoms with Crippen molar-refractivity contribution in [2.45, 2.75) is 12.8 Å². The van der Waals surface area contributed by atoms with Gasteiger partial charge in [-0.2, -0.15) is 0 Å². The number of anilines is 1. The molecule has 1 aromatic carbocycles. The van der Waals surface area contributed by atoms with E-state index in [9.17, 15) is 9.59 Å². The van der Waals surface area contributed by atoms with Gasteiger partial charge in [-0.3, -0.25) is 9.59 Å². The number of rotatable bonds is 1. The lowest BCUT2D eigenvalue weighted by Gasteiger charge is -2.21. The summed E-state index contributed by atoms with van der Waals surface area (Å²) in [6.45, 7) is 0.530. The molecule has 0 fully saturated rings. The molecule has 1 amide bonds. The summed E-state index contributed by atoms with van der Waals surface area (Å²) >= 11 is 0. The highest BCUT2D eigenvalue weighted by Crippen LogP contribution is 2.27. The van der Waals surface area contributed by atoms with Gasteiger partial charge < -0.3 is 9.32 Å². The summed E-state index contributed by atoms with van der Waals surface area (Å²) in [4.78, 5) is 26.0. The van der Waals surface area contributed by atoms with Crippen LogP contribution in [-0.2, 0) is 0 Å². The number of carbonyl (C=O) groups excluding carboxylic acids is 2. The van der Waals surface area contributed by atoms with E-state index in [1.54, 1.807) is 29.2 Å². The lowest BCUT2D eigenvalue weighted by molar-refractivity contribution is 0.0956. The molecule has 2 aromatic rings. The molecule has 0 saturated carbocycles. The summed E-state index contributed by atoms with van der Waals surface area (Å²) in [5, 5.41) is 0. The van der Waals surface area contributed by atoms with Crippen molar-refractivity contribution in [3.8, 4) is 0 Å². The van der Waals surface area contributed by atoms with Crippen molar-refractivity contribution < 1.29 is 14.0 Å². The van der Waals surface area contributed by atoms with Crippen LogP contribution >= 0.6 is 0 Å². The van der Waals surface area contributed by atoms with Crippen LogP contribution < -0.4 is 4.90 Å². The van der Waals surface area contributed by atoms with E-state index >= 15 is 0 Å². The average molecular weight is 255 g/mol. The quantitative estimate of drug-likeness (QED) is 0.787. The maximum atomic E-state index is 12.4. The third-order valence-electron chi connectivity index (χ3n) is 3.26. The van der Waals surface area contributed by atoms with Crippen LogP contribution in [0.3, 0.4) is 0 Å². The normalized spacial score (nSPS) is 14.9. The highest BCUT2D eigenvalue weighted by Gasteiger charge is 2.26. The summed E-state index contributed by atoms with van der Waals surface area (Å²) in [7, 11) is 0. The smallest absolute Gasteiger partial charge is 0.293 e. The highest BCUT2D eigenvalue weighted by molar-refractivity contribution is 6.10.